The van der Waals surface area contributed by atoms with Crippen molar-refractivity contribution in [1.82, 2.24) is 4.90 Å². The number of aliphatic hydroxyl groups is 7. The minimum Gasteiger partial charge on any atom is -0.394 e. The average Bonchev–Trinajstić information content (AvgIpc) is 2.60. The molecule has 8 heteroatoms. The summed E-state index contributed by atoms with van der Waals surface area (Å²) in [5, 5.41) is 66.4. The van der Waals surface area contributed by atoms with Gasteiger partial charge in [-0.25, -0.2) is 0 Å². The van der Waals surface area contributed by atoms with Gasteiger partial charge in [-0.3, -0.25) is 4.90 Å². The zero-order valence-electron chi connectivity index (χ0n) is 13.4. The van der Waals surface area contributed by atoms with E-state index in [1.54, 1.807) is 4.90 Å². The van der Waals surface area contributed by atoms with Gasteiger partial charge in [0.05, 0.1) is 25.4 Å². The van der Waals surface area contributed by atoms with E-state index in [2.05, 4.69) is 0 Å². The molecule has 0 heterocycles. The molecule has 1 aromatic rings. The largest absolute Gasteiger partial charge is 0.394 e. The van der Waals surface area contributed by atoms with Crippen LogP contribution in [0.3, 0.4) is 0 Å². The molecule has 1 aromatic carbocycles. The van der Waals surface area contributed by atoms with Crippen LogP contribution in [0.15, 0.2) is 30.3 Å². The Kier molecular flexibility index (Phi) is 9.34. The first kappa shape index (κ1) is 20.9. The highest BCUT2D eigenvalue weighted by atomic mass is 16.4. The Hall–Kier alpha value is -1.10. The van der Waals surface area contributed by atoms with Crippen molar-refractivity contribution in [2.45, 2.75) is 37.1 Å². The molecule has 7 N–H and O–H groups in total. The standard InChI is InChI=1S/C16H27NO7/c18-9-12(20)7-17(6-11-4-2-1-3-5-11)8-13(21)15(23)16(24)14(22)10-19/h1-5,12-16,18-24H,6-10H2. The maximum atomic E-state index is 10.1. The molecule has 0 spiro atoms. The molecule has 0 bridgehead atoms. The van der Waals surface area contributed by atoms with E-state index in [0.717, 1.165) is 5.56 Å². The lowest BCUT2D eigenvalue weighted by atomic mass is 10.0. The van der Waals surface area contributed by atoms with Crippen LogP contribution in [-0.4, -0.2) is 97.5 Å². The Morgan fingerprint density at radius 2 is 1.33 bits per heavy atom. The van der Waals surface area contributed by atoms with Crippen LogP contribution in [-0.2, 0) is 6.54 Å². The summed E-state index contributed by atoms with van der Waals surface area (Å²) in [6.07, 6.45) is -7.38. The van der Waals surface area contributed by atoms with Gasteiger partial charge in [-0.1, -0.05) is 30.3 Å². The van der Waals surface area contributed by atoms with Crippen molar-refractivity contribution in [2.75, 3.05) is 26.3 Å². The molecule has 8 nitrogen and oxygen atoms in total. The molecular weight excluding hydrogens is 318 g/mol. The molecule has 0 saturated heterocycles. The Morgan fingerprint density at radius 1 is 0.750 bits per heavy atom. The lowest BCUT2D eigenvalue weighted by Crippen LogP contribution is -2.50. The van der Waals surface area contributed by atoms with Crippen molar-refractivity contribution in [3.63, 3.8) is 0 Å². The van der Waals surface area contributed by atoms with E-state index in [1.807, 2.05) is 30.3 Å². The lowest BCUT2D eigenvalue weighted by molar-refractivity contribution is -0.121. The maximum absolute atomic E-state index is 10.1. The van der Waals surface area contributed by atoms with Crippen molar-refractivity contribution >= 4 is 0 Å². The highest BCUT2D eigenvalue weighted by molar-refractivity contribution is 5.14. The van der Waals surface area contributed by atoms with E-state index < -0.39 is 43.7 Å². The number of rotatable bonds is 11. The highest BCUT2D eigenvalue weighted by Gasteiger charge is 2.31. The van der Waals surface area contributed by atoms with Gasteiger partial charge in [0.1, 0.15) is 18.3 Å². The fourth-order valence-corrected chi connectivity index (χ4v) is 2.34. The third-order valence-electron chi connectivity index (χ3n) is 3.70. The third-order valence-corrected chi connectivity index (χ3v) is 3.70. The number of hydrogen-bond donors (Lipinski definition) is 7. The number of nitrogens with zero attached hydrogens (tertiary/aromatic N) is 1. The first-order chi connectivity index (χ1) is 11.4. The lowest BCUT2D eigenvalue weighted by Gasteiger charge is -2.31. The van der Waals surface area contributed by atoms with Gasteiger partial charge in [-0.05, 0) is 5.56 Å². The first-order valence-electron chi connectivity index (χ1n) is 7.77. The zero-order chi connectivity index (χ0) is 18.1. The molecular formula is C16H27NO7. The summed E-state index contributed by atoms with van der Waals surface area (Å²) in [6.45, 7) is -0.909. The van der Waals surface area contributed by atoms with Crippen molar-refractivity contribution < 1.29 is 35.7 Å². The summed E-state index contributed by atoms with van der Waals surface area (Å²) in [4.78, 5) is 1.61. The predicted octanol–water partition coefficient (Wildman–Crippen LogP) is -2.72. The second-order valence-corrected chi connectivity index (χ2v) is 5.81. The minimum absolute atomic E-state index is 0.0494. The summed E-state index contributed by atoms with van der Waals surface area (Å²) < 4.78 is 0. The van der Waals surface area contributed by atoms with Gasteiger partial charge >= 0.3 is 0 Å². The monoisotopic (exact) mass is 345 g/mol. The van der Waals surface area contributed by atoms with Crippen LogP contribution < -0.4 is 0 Å². The van der Waals surface area contributed by atoms with E-state index in [9.17, 15) is 25.5 Å². The molecule has 5 unspecified atom stereocenters. The van der Waals surface area contributed by atoms with Crippen molar-refractivity contribution in [3.8, 4) is 0 Å². The van der Waals surface area contributed by atoms with Gasteiger partial charge in [0.2, 0.25) is 0 Å². The van der Waals surface area contributed by atoms with E-state index in [-0.39, 0.29) is 13.1 Å². The smallest absolute Gasteiger partial charge is 0.111 e. The summed E-state index contributed by atoms with van der Waals surface area (Å²) in [5.74, 6) is 0. The average molecular weight is 345 g/mol. The molecule has 0 fully saturated rings. The fraction of sp³-hybridized carbons (Fsp3) is 0.625. The molecule has 0 radical (unpaired) electrons. The molecule has 0 amide bonds. The van der Waals surface area contributed by atoms with Crippen molar-refractivity contribution in [3.05, 3.63) is 35.9 Å². The topological polar surface area (TPSA) is 145 Å². The van der Waals surface area contributed by atoms with E-state index >= 15 is 0 Å². The Balaban J connectivity index is 2.72. The van der Waals surface area contributed by atoms with Crippen LogP contribution in [0.2, 0.25) is 0 Å². The number of aliphatic hydroxyl groups excluding tert-OH is 7. The van der Waals surface area contributed by atoms with Gasteiger partial charge in [-0.2, -0.15) is 0 Å². The third kappa shape index (κ3) is 6.80. The van der Waals surface area contributed by atoms with Gasteiger partial charge in [-0.15, -0.1) is 0 Å². The van der Waals surface area contributed by atoms with E-state index in [1.165, 1.54) is 0 Å². The molecule has 24 heavy (non-hydrogen) atoms. The van der Waals surface area contributed by atoms with Crippen LogP contribution in [0, 0.1) is 0 Å². The maximum Gasteiger partial charge on any atom is 0.111 e. The second-order valence-electron chi connectivity index (χ2n) is 5.81. The predicted molar refractivity (Wildman–Crippen MR) is 85.9 cm³/mol. The van der Waals surface area contributed by atoms with Crippen LogP contribution >= 0.6 is 0 Å². The summed E-state index contributed by atoms with van der Waals surface area (Å²) >= 11 is 0. The quantitative estimate of drug-likeness (QED) is 0.229. The number of hydrogen-bond acceptors (Lipinski definition) is 8. The van der Waals surface area contributed by atoms with Gasteiger partial charge in [0.25, 0.3) is 0 Å². The SMILES string of the molecule is OCC(O)CN(Cc1ccccc1)CC(O)C(O)C(O)C(O)CO. The van der Waals surface area contributed by atoms with Crippen LogP contribution in [0.4, 0.5) is 0 Å². The minimum atomic E-state index is -1.70. The van der Waals surface area contributed by atoms with Crippen molar-refractivity contribution in [1.29, 1.82) is 0 Å². The zero-order valence-corrected chi connectivity index (χ0v) is 13.4. The first-order valence-corrected chi connectivity index (χ1v) is 7.77. The Morgan fingerprint density at radius 3 is 1.88 bits per heavy atom. The Bertz CT molecular complexity index is 447. The molecule has 0 aliphatic rings. The van der Waals surface area contributed by atoms with Crippen LogP contribution in [0.1, 0.15) is 5.56 Å². The van der Waals surface area contributed by atoms with Gasteiger partial charge < -0.3 is 35.7 Å². The fourth-order valence-electron chi connectivity index (χ4n) is 2.34. The molecule has 1 rings (SSSR count). The van der Waals surface area contributed by atoms with Gasteiger partial charge in [0, 0.05) is 19.6 Å². The molecule has 0 aliphatic carbocycles. The van der Waals surface area contributed by atoms with Crippen molar-refractivity contribution in [2.24, 2.45) is 0 Å². The normalized spacial score (nSPS) is 18.2. The van der Waals surface area contributed by atoms with Gasteiger partial charge in [0.15, 0.2) is 0 Å². The van der Waals surface area contributed by atoms with E-state index in [0.29, 0.717) is 6.54 Å². The molecule has 138 valence electrons. The Labute approximate surface area is 140 Å². The highest BCUT2D eigenvalue weighted by Crippen LogP contribution is 2.10. The summed E-state index contributed by atoms with van der Waals surface area (Å²) in [5.41, 5.74) is 0.903. The molecule has 0 aromatic heterocycles. The number of benzene rings is 1. The summed E-state index contributed by atoms with van der Waals surface area (Å²) in [7, 11) is 0. The van der Waals surface area contributed by atoms with Crippen LogP contribution in [0.25, 0.3) is 0 Å². The molecule has 5 atom stereocenters. The summed E-state index contributed by atoms with van der Waals surface area (Å²) in [6, 6.07) is 9.23. The molecule has 0 saturated carbocycles. The second kappa shape index (κ2) is 10.7. The molecule has 0 aliphatic heterocycles. The van der Waals surface area contributed by atoms with E-state index in [4.69, 9.17) is 10.2 Å². The van der Waals surface area contributed by atoms with Crippen LogP contribution in [0.5, 0.6) is 0 Å².